The molecular formula is C23H32FN. The van der Waals surface area contributed by atoms with E-state index in [1.807, 2.05) is 0 Å². The van der Waals surface area contributed by atoms with E-state index in [2.05, 4.69) is 72.9 Å². The average molecular weight is 342 g/mol. The molecule has 1 unspecified atom stereocenters. The van der Waals surface area contributed by atoms with Gasteiger partial charge in [0.15, 0.2) is 0 Å². The highest BCUT2D eigenvalue weighted by Gasteiger charge is 2.13. The Balaban J connectivity index is 1.84. The van der Waals surface area contributed by atoms with E-state index in [0.29, 0.717) is 18.3 Å². The summed E-state index contributed by atoms with van der Waals surface area (Å²) in [7, 11) is 0. The van der Waals surface area contributed by atoms with Gasteiger partial charge in [-0.15, -0.1) is 0 Å². The number of hydrogen-bond acceptors (Lipinski definition) is 1. The van der Waals surface area contributed by atoms with Gasteiger partial charge in [-0.2, -0.15) is 0 Å². The first-order chi connectivity index (χ1) is 12.3. The maximum absolute atomic E-state index is 12.6. The van der Waals surface area contributed by atoms with E-state index >= 15 is 0 Å². The molecule has 0 aliphatic heterocycles. The molecule has 0 spiro atoms. The Morgan fingerprint density at radius 1 is 0.760 bits per heavy atom. The van der Waals surface area contributed by atoms with Crippen LogP contribution in [0.4, 0.5) is 4.39 Å². The Morgan fingerprint density at radius 2 is 1.32 bits per heavy atom. The number of hydrogen-bond donors (Lipinski definition) is 1. The molecular weight excluding hydrogens is 309 g/mol. The van der Waals surface area contributed by atoms with Gasteiger partial charge in [-0.1, -0.05) is 80.4 Å². The number of nitrogens with one attached hydrogen (secondary N) is 1. The van der Waals surface area contributed by atoms with Gasteiger partial charge in [-0.05, 0) is 49.4 Å². The minimum absolute atomic E-state index is 0.186. The number of rotatable bonds is 12. The summed E-state index contributed by atoms with van der Waals surface area (Å²) in [5.74, 6) is 0.953. The standard InChI is InChI=1S/C23H32FN/c1-2-9-20(14-17-24)15-18-25-19-16-23(21-10-5-3-6-11-21)22-12-7-4-8-13-22/h3-8,10-13,20,23,25H,2,9,14-19H2,1H3. The van der Waals surface area contributed by atoms with Gasteiger partial charge in [0.1, 0.15) is 0 Å². The van der Waals surface area contributed by atoms with Crippen LogP contribution in [0.3, 0.4) is 0 Å². The second-order valence-corrected chi connectivity index (χ2v) is 6.83. The highest BCUT2D eigenvalue weighted by Crippen LogP contribution is 2.27. The van der Waals surface area contributed by atoms with Crippen molar-refractivity contribution >= 4 is 0 Å². The monoisotopic (exact) mass is 341 g/mol. The molecule has 0 aromatic heterocycles. The summed E-state index contributed by atoms with van der Waals surface area (Å²) in [5.41, 5.74) is 2.74. The highest BCUT2D eigenvalue weighted by molar-refractivity contribution is 5.32. The molecule has 0 fully saturated rings. The summed E-state index contributed by atoms with van der Waals surface area (Å²) < 4.78 is 12.6. The van der Waals surface area contributed by atoms with E-state index in [9.17, 15) is 4.39 Å². The van der Waals surface area contributed by atoms with Crippen LogP contribution in [0.1, 0.15) is 56.1 Å². The fraction of sp³-hybridized carbons (Fsp3) is 0.478. The van der Waals surface area contributed by atoms with Gasteiger partial charge in [0.25, 0.3) is 0 Å². The molecule has 2 aromatic rings. The molecule has 2 heteroatoms. The largest absolute Gasteiger partial charge is 0.317 e. The van der Waals surface area contributed by atoms with Gasteiger partial charge in [0.2, 0.25) is 0 Å². The molecule has 0 heterocycles. The van der Waals surface area contributed by atoms with Crippen molar-refractivity contribution in [2.24, 2.45) is 5.92 Å². The molecule has 136 valence electrons. The van der Waals surface area contributed by atoms with Crippen LogP contribution in [0.5, 0.6) is 0 Å². The lowest BCUT2D eigenvalue weighted by Crippen LogP contribution is -2.21. The van der Waals surface area contributed by atoms with Gasteiger partial charge < -0.3 is 5.32 Å². The molecule has 2 rings (SSSR count). The first-order valence-electron chi connectivity index (χ1n) is 9.71. The smallest absolute Gasteiger partial charge is 0.0897 e. The highest BCUT2D eigenvalue weighted by atomic mass is 19.1. The Morgan fingerprint density at radius 3 is 1.84 bits per heavy atom. The topological polar surface area (TPSA) is 12.0 Å². The van der Waals surface area contributed by atoms with Gasteiger partial charge in [-0.25, -0.2) is 0 Å². The maximum atomic E-state index is 12.6. The van der Waals surface area contributed by atoms with Gasteiger partial charge in [-0.3, -0.25) is 4.39 Å². The Kier molecular flexibility index (Phi) is 9.28. The first kappa shape index (κ1) is 19.7. The van der Waals surface area contributed by atoms with Crippen molar-refractivity contribution in [2.75, 3.05) is 19.8 Å². The molecule has 0 bridgehead atoms. The summed E-state index contributed by atoms with van der Waals surface area (Å²) >= 11 is 0. The number of halogens is 1. The Labute approximate surface area is 152 Å². The molecule has 2 aromatic carbocycles. The van der Waals surface area contributed by atoms with Crippen molar-refractivity contribution < 1.29 is 4.39 Å². The van der Waals surface area contributed by atoms with Crippen molar-refractivity contribution in [3.63, 3.8) is 0 Å². The van der Waals surface area contributed by atoms with Crippen molar-refractivity contribution in [1.82, 2.24) is 5.32 Å². The first-order valence-corrected chi connectivity index (χ1v) is 9.71. The predicted octanol–water partition coefficient (Wildman–Crippen LogP) is 5.96. The number of benzene rings is 2. The average Bonchev–Trinajstić information content (AvgIpc) is 2.66. The fourth-order valence-electron chi connectivity index (χ4n) is 3.57. The fourth-order valence-corrected chi connectivity index (χ4v) is 3.57. The molecule has 0 aliphatic rings. The summed E-state index contributed by atoms with van der Waals surface area (Å²) in [6.07, 6.45) is 5.16. The SMILES string of the molecule is CCCC(CCF)CCNCCC(c1ccccc1)c1ccccc1. The molecule has 0 amide bonds. The molecule has 0 radical (unpaired) electrons. The van der Waals surface area contributed by atoms with Crippen LogP contribution in [0.2, 0.25) is 0 Å². The summed E-state index contributed by atoms with van der Waals surface area (Å²) in [4.78, 5) is 0. The van der Waals surface area contributed by atoms with Crippen LogP contribution in [-0.4, -0.2) is 19.8 Å². The van der Waals surface area contributed by atoms with Gasteiger partial charge in [0.05, 0.1) is 6.67 Å². The molecule has 0 aliphatic carbocycles. The van der Waals surface area contributed by atoms with Crippen LogP contribution in [0, 0.1) is 5.92 Å². The lowest BCUT2D eigenvalue weighted by Gasteiger charge is -2.19. The third-order valence-corrected chi connectivity index (χ3v) is 4.96. The van der Waals surface area contributed by atoms with E-state index in [1.54, 1.807) is 0 Å². The zero-order valence-electron chi connectivity index (χ0n) is 15.5. The van der Waals surface area contributed by atoms with Crippen molar-refractivity contribution in [3.8, 4) is 0 Å². The second kappa shape index (κ2) is 11.8. The molecule has 1 atom stereocenters. The summed E-state index contributed by atoms with van der Waals surface area (Å²) in [5, 5.41) is 3.58. The predicted molar refractivity (Wildman–Crippen MR) is 106 cm³/mol. The minimum atomic E-state index is -0.186. The Hall–Kier alpha value is -1.67. The normalized spacial score (nSPS) is 12.4. The molecule has 1 nitrogen and oxygen atoms in total. The van der Waals surface area contributed by atoms with E-state index in [0.717, 1.165) is 38.8 Å². The van der Waals surface area contributed by atoms with Crippen molar-refractivity contribution in [3.05, 3.63) is 71.8 Å². The molecule has 1 N–H and O–H groups in total. The maximum Gasteiger partial charge on any atom is 0.0897 e. The van der Waals surface area contributed by atoms with Crippen LogP contribution < -0.4 is 5.32 Å². The van der Waals surface area contributed by atoms with Gasteiger partial charge >= 0.3 is 0 Å². The quantitative estimate of drug-likeness (QED) is 0.469. The van der Waals surface area contributed by atoms with E-state index in [-0.39, 0.29) is 6.67 Å². The van der Waals surface area contributed by atoms with Crippen LogP contribution in [0.25, 0.3) is 0 Å². The van der Waals surface area contributed by atoms with E-state index < -0.39 is 0 Å². The van der Waals surface area contributed by atoms with Crippen LogP contribution in [-0.2, 0) is 0 Å². The van der Waals surface area contributed by atoms with Crippen LogP contribution in [0.15, 0.2) is 60.7 Å². The third-order valence-electron chi connectivity index (χ3n) is 4.96. The number of alkyl halides is 1. The van der Waals surface area contributed by atoms with E-state index in [1.165, 1.54) is 11.1 Å². The minimum Gasteiger partial charge on any atom is -0.317 e. The lowest BCUT2D eigenvalue weighted by molar-refractivity contribution is 0.345. The van der Waals surface area contributed by atoms with Crippen molar-refractivity contribution in [1.29, 1.82) is 0 Å². The summed E-state index contributed by atoms with van der Waals surface area (Å²) in [6.45, 7) is 3.97. The van der Waals surface area contributed by atoms with Crippen molar-refractivity contribution in [2.45, 2.75) is 44.9 Å². The third kappa shape index (κ3) is 6.99. The van der Waals surface area contributed by atoms with E-state index in [4.69, 9.17) is 0 Å². The van der Waals surface area contributed by atoms with Crippen LogP contribution >= 0.6 is 0 Å². The second-order valence-electron chi connectivity index (χ2n) is 6.83. The van der Waals surface area contributed by atoms with Gasteiger partial charge in [0, 0.05) is 5.92 Å². The molecule has 0 saturated heterocycles. The summed E-state index contributed by atoms with van der Waals surface area (Å²) in [6, 6.07) is 21.5. The Bertz CT molecular complexity index is 509. The molecule has 0 saturated carbocycles. The molecule has 25 heavy (non-hydrogen) atoms. The zero-order chi connectivity index (χ0) is 17.7. The lowest BCUT2D eigenvalue weighted by atomic mass is 9.88. The zero-order valence-corrected chi connectivity index (χ0v) is 15.5.